The predicted molar refractivity (Wildman–Crippen MR) is 75.5 cm³/mol. The normalized spacial score (nSPS) is 17.5. The topological polar surface area (TPSA) is 92.7 Å². The van der Waals surface area contributed by atoms with E-state index in [4.69, 9.17) is 9.84 Å². The van der Waals surface area contributed by atoms with Crippen molar-refractivity contribution in [3.8, 4) is 5.75 Å². The van der Waals surface area contributed by atoms with Crippen molar-refractivity contribution in [2.24, 2.45) is 5.41 Å². The number of benzene rings is 1. The second-order valence-electron chi connectivity index (χ2n) is 5.75. The standard InChI is InChI=1S/C15H17NO5/c1-8-13(18)16-10-6-9(4-5-12(10)21-8)11(17)7-15(2,3)14(19)20/h4-6,8H,7H2,1-3H3,(H,16,18)(H,19,20). The van der Waals surface area contributed by atoms with E-state index in [0.717, 1.165) is 0 Å². The number of amides is 1. The molecule has 0 aromatic heterocycles. The molecular weight excluding hydrogens is 274 g/mol. The van der Waals surface area contributed by atoms with Crippen molar-refractivity contribution in [1.82, 2.24) is 0 Å². The molecule has 2 N–H and O–H groups in total. The van der Waals surface area contributed by atoms with Gasteiger partial charge in [-0.25, -0.2) is 0 Å². The maximum atomic E-state index is 12.2. The zero-order valence-corrected chi connectivity index (χ0v) is 12.1. The van der Waals surface area contributed by atoms with Crippen LogP contribution in [0.3, 0.4) is 0 Å². The van der Waals surface area contributed by atoms with Gasteiger partial charge in [-0.15, -0.1) is 0 Å². The number of carboxylic acids is 1. The average Bonchev–Trinajstić information content (AvgIpc) is 2.38. The smallest absolute Gasteiger partial charge is 0.309 e. The van der Waals surface area contributed by atoms with Crippen LogP contribution < -0.4 is 10.1 Å². The molecule has 2 rings (SSSR count). The Bertz CT molecular complexity index is 620. The van der Waals surface area contributed by atoms with Crippen LogP contribution in [0.5, 0.6) is 5.75 Å². The van der Waals surface area contributed by atoms with Crippen molar-refractivity contribution >= 4 is 23.3 Å². The van der Waals surface area contributed by atoms with Gasteiger partial charge in [0.1, 0.15) is 5.75 Å². The highest BCUT2D eigenvalue weighted by Crippen LogP contribution is 2.32. The second kappa shape index (κ2) is 5.20. The fourth-order valence-corrected chi connectivity index (χ4v) is 1.96. The Morgan fingerprint density at radius 2 is 2.05 bits per heavy atom. The maximum absolute atomic E-state index is 12.2. The van der Waals surface area contributed by atoms with Crippen LogP contribution in [0, 0.1) is 5.41 Å². The number of anilines is 1. The number of nitrogens with one attached hydrogen (secondary N) is 1. The number of aliphatic carboxylic acids is 1. The van der Waals surface area contributed by atoms with Crippen LogP contribution in [0.25, 0.3) is 0 Å². The summed E-state index contributed by atoms with van der Waals surface area (Å²) in [7, 11) is 0. The van der Waals surface area contributed by atoms with Gasteiger partial charge in [-0.05, 0) is 39.0 Å². The molecular formula is C15H17NO5. The van der Waals surface area contributed by atoms with E-state index in [1.54, 1.807) is 19.1 Å². The Morgan fingerprint density at radius 1 is 1.38 bits per heavy atom. The summed E-state index contributed by atoms with van der Waals surface area (Å²) in [4.78, 5) is 34.8. The molecule has 1 amide bonds. The minimum Gasteiger partial charge on any atom is -0.481 e. The van der Waals surface area contributed by atoms with Gasteiger partial charge in [-0.2, -0.15) is 0 Å². The summed E-state index contributed by atoms with van der Waals surface area (Å²) < 4.78 is 5.40. The maximum Gasteiger partial charge on any atom is 0.309 e. The van der Waals surface area contributed by atoms with Gasteiger partial charge >= 0.3 is 5.97 Å². The summed E-state index contributed by atoms with van der Waals surface area (Å²) in [5, 5.41) is 11.7. The van der Waals surface area contributed by atoms with Gasteiger partial charge in [0.2, 0.25) is 0 Å². The number of carbonyl (C=O) groups is 3. The van der Waals surface area contributed by atoms with Crippen molar-refractivity contribution in [2.45, 2.75) is 33.3 Å². The molecule has 1 unspecified atom stereocenters. The second-order valence-corrected chi connectivity index (χ2v) is 5.75. The largest absolute Gasteiger partial charge is 0.481 e. The third-order valence-electron chi connectivity index (χ3n) is 3.41. The van der Waals surface area contributed by atoms with Gasteiger partial charge in [0.05, 0.1) is 11.1 Å². The van der Waals surface area contributed by atoms with E-state index in [2.05, 4.69) is 5.32 Å². The molecule has 0 saturated carbocycles. The third kappa shape index (κ3) is 3.04. The molecule has 0 saturated heterocycles. The number of hydrogen-bond donors (Lipinski definition) is 2. The van der Waals surface area contributed by atoms with Crippen LogP contribution >= 0.6 is 0 Å². The molecule has 6 heteroatoms. The Labute approximate surface area is 122 Å². The van der Waals surface area contributed by atoms with Crippen LogP contribution in [0.2, 0.25) is 0 Å². The van der Waals surface area contributed by atoms with E-state index in [1.807, 2.05) is 0 Å². The van der Waals surface area contributed by atoms with Crippen molar-refractivity contribution in [3.05, 3.63) is 23.8 Å². The fraction of sp³-hybridized carbons (Fsp3) is 0.400. The number of ketones is 1. The van der Waals surface area contributed by atoms with Crippen LogP contribution in [0.15, 0.2) is 18.2 Å². The Balaban J connectivity index is 2.23. The zero-order chi connectivity index (χ0) is 15.8. The van der Waals surface area contributed by atoms with Gasteiger partial charge in [0, 0.05) is 12.0 Å². The number of carbonyl (C=O) groups excluding carboxylic acids is 2. The Kier molecular flexibility index (Phi) is 3.72. The first kappa shape index (κ1) is 15.0. The molecule has 1 atom stereocenters. The van der Waals surface area contributed by atoms with Gasteiger partial charge in [0.15, 0.2) is 11.9 Å². The summed E-state index contributed by atoms with van der Waals surface area (Å²) in [6.07, 6.45) is -0.697. The minimum absolute atomic E-state index is 0.119. The summed E-state index contributed by atoms with van der Waals surface area (Å²) in [5.41, 5.74) is -0.361. The van der Waals surface area contributed by atoms with Gasteiger partial charge in [-0.3, -0.25) is 14.4 Å². The van der Waals surface area contributed by atoms with Crippen molar-refractivity contribution in [2.75, 3.05) is 5.32 Å². The van der Waals surface area contributed by atoms with Crippen molar-refractivity contribution in [3.63, 3.8) is 0 Å². The summed E-state index contributed by atoms with van der Waals surface area (Å²) in [6, 6.07) is 4.69. The monoisotopic (exact) mass is 291 g/mol. The molecule has 112 valence electrons. The first-order chi connectivity index (χ1) is 9.70. The van der Waals surface area contributed by atoms with Crippen LogP contribution in [-0.2, 0) is 9.59 Å². The average molecular weight is 291 g/mol. The van der Waals surface area contributed by atoms with E-state index < -0.39 is 17.5 Å². The zero-order valence-electron chi connectivity index (χ0n) is 12.1. The molecule has 0 bridgehead atoms. The summed E-state index contributed by atoms with van der Waals surface area (Å²) in [5.74, 6) is -1.11. The molecule has 1 aliphatic heterocycles. The van der Waals surface area contributed by atoms with E-state index in [-0.39, 0.29) is 18.1 Å². The Morgan fingerprint density at radius 3 is 2.67 bits per heavy atom. The first-order valence-corrected chi connectivity index (χ1v) is 6.59. The number of rotatable bonds is 4. The number of ether oxygens (including phenoxy) is 1. The number of carboxylic acid groups (broad SMARTS) is 1. The quantitative estimate of drug-likeness (QED) is 0.829. The number of hydrogen-bond acceptors (Lipinski definition) is 4. The number of fused-ring (bicyclic) bond motifs is 1. The highest BCUT2D eigenvalue weighted by molar-refractivity contribution is 6.02. The van der Waals surface area contributed by atoms with E-state index in [0.29, 0.717) is 17.0 Å². The highest BCUT2D eigenvalue weighted by atomic mass is 16.5. The van der Waals surface area contributed by atoms with Gasteiger partial charge < -0.3 is 15.2 Å². The lowest BCUT2D eigenvalue weighted by molar-refractivity contribution is -0.146. The summed E-state index contributed by atoms with van der Waals surface area (Å²) in [6.45, 7) is 4.63. The summed E-state index contributed by atoms with van der Waals surface area (Å²) >= 11 is 0. The molecule has 0 fully saturated rings. The SMILES string of the molecule is CC1Oc2ccc(C(=O)CC(C)(C)C(=O)O)cc2NC1=O. The van der Waals surface area contributed by atoms with Crippen LogP contribution in [0.4, 0.5) is 5.69 Å². The lowest BCUT2D eigenvalue weighted by Crippen LogP contribution is -2.34. The lowest BCUT2D eigenvalue weighted by Gasteiger charge is -2.24. The molecule has 0 spiro atoms. The van der Waals surface area contributed by atoms with Crippen LogP contribution in [0.1, 0.15) is 37.6 Å². The Hall–Kier alpha value is -2.37. The van der Waals surface area contributed by atoms with E-state index in [1.165, 1.54) is 19.9 Å². The van der Waals surface area contributed by atoms with Crippen molar-refractivity contribution in [1.29, 1.82) is 0 Å². The molecule has 1 heterocycles. The van der Waals surface area contributed by atoms with Crippen LogP contribution in [-0.4, -0.2) is 28.9 Å². The first-order valence-electron chi connectivity index (χ1n) is 6.59. The molecule has 6 nitrogen and oxygen atoms in total. The molecule has 1 aromatic rings. The third-order valence-corrected chi connectivity index (χ3v) is 3.41. The van der Waals surface area contributed by atoms with E-state index in [9.17, 15) is 14.4 Å². The van der Waals surface area contributed by atoms with E-state index >= 15 is 0 Å². The van der Waals surface area contributed by atoms with Gasteiger partial charge in [-0.1, -0.05) is 0 Å². The number of Topliss-reactive ketones (excluding diaryl/α,β-unsaturated/α-hetero) is 1. The molecule has 1 aliphatic rings. The molecule has 0 aliphatic carbocycles. The molecule has 0 radical (unpaired) electrons. The fourth-order valence-electron chi connectivity index (χ4n) is 1.96. The predicted octanol–water partition coefficient (Wildman–Crippen LogP) is 2.09. The highest BCUT2D eigenvalue weighted by Gasteiger charge is 2.31. The minimum atomic E-state index is -1.14. The van der Waals surface area contributed by atoms with Crippen molar-refractivity contribution < 1.29 is 24.2 Å². The molecule has 1 aromatic carbocycles. The molecule has 21 heavy (non-hydrogen) atoms. The van der Waals surface area contributed by atoms with Gasteiger partial charge in [0.25, 0.3) is 5.91 Å². The lowest BCUT2D eigenvalue weighted by atomic mass is 9.85.